The number of nitrogens with two attached hydrogens (primary N) is 1. The van der Waals surface area contributed by atoms with Crippen LogP contribution in [-0.4, -0.2) is 10.5 Å². The molecule has 0 atom stereocenters. The number of aromatic nitrogens is 1. The molecule has 0 unspecified atom stereocenters. The van der Waals surface area contributed by atoms with E-state index in [0.717, 1.165) is 0 Å². The van der Waals surface area contributed by atoms with E-state index in [-0.39, 0.29) is 11.4 Å². The van der Waals surface area contributed by atoms with Crippen LogP contribution in [0.2, 0.25) is 0 Å². The van der Waals surface area contributed by atoms with Gasteiger partial charge in [-0.05, 0) is 56.2 Å². The quantitative estimate of drug-likeness (QED) is 0.910. The Morgan fingerprint density at radius 1 is 1.15 bits per heavy atom. The summed E-state index contributed by atoms with van der Waals surface area (Å²) in [7, 11) is 0. The van der Waals surface area contributed by atoms with E-state index >= 15 is 0 Å². The van der Waals surface area contributed by atoms with Gasteiger partial charge in [-0.25, -0.2) is 4.39 Å². The second kappa shape index (κ2) is 4.92. The minimum absolute atomic E-state index is 0.0423. The largest absolute Gasteiger partial charge is 0.365 e. The molecule has 0 aliphatic rings. The summed E-state index contributed by atoms with van der Waals surface area (Å²) >= 11 is 0. The fourth-order valence-corrected chi connectivity index (χ4v) is 2.36. The molecule has 0 fully saturated rings. The van der Waals surface area contributed by atoms with Crippen LogP contribution in [0.5, 0.6) is 0 Å². The maximum atomic E-state index is 13.2. The second-order valence-corrected chi connectivity index (χ2v) is 4.78. The van der Waals surface area contributed by atoms with E-state index in [9.17, 15) is 14.0 Å². The van der Waals surface area contributed by atoms with E-state index in [1.54, 1.807) is 26.8 Å². The lowest BCUT2D eigenvalue weighted by atomic mass is 10.1. The zero-order chi connectivity index (χ0) is 15.0. The maximum Gasteiger partial charge on any atom is 0.268 e. The van der Waals surface area contributed by atoms with Crippen molar-refractivity contribution in [2.45, 2.75) is 20.8 Å². The van der Waals surface area contributed by atoms with Crippen molar-refractivity contribution in [2.75, 3.05) is 0 Å². The third-order valence-electron chi connectivity index (χ3n) is 3.24. The fourth-order valence-electron chi connectivity index (χ4n) is 2.36. The van der Waals surface area contributed by atoms with Crippen LogP contribution in [0.25, 0.3) is 5.69 Å². The van der Waals surface area contributed by atoms with Crippen LogP contribution in [-0.2, 0) is 0 Å². The van der Waals surface area contributed by atoms with Gasteiger partial charge < -0.3 is 5.73 Å². The average Bonchev–Trinajstić information content (AvgIpc) is 2.30. The predicted octanol–water partition coefficient (Wildman–Crippen LogP) is 2.00. The highest BCUT2D eigenvalue weighted by Crippen LogP contribution is 2.17. The Bertz CT molecular complexity index is 763. The van der Waals surface area contributed by atoms with E-state index in [1.807, 2.05) is 0 Å². The monoisotopic (exact) mass is 274 g/mol. The highest BCUT2D eigenvalue weighted by atomic mass is 19.1. The van der Waals surface area contributed by atoms with Gasteiger partial charge in [0.15, 0.2) is 0 Å². The molecule has 0 saturated carbocycles. The molecule has 0 bridgehead atoms. The van der Waals surface area contributed by atoms with E-state index in [0.29, 0.717) is 22.5 Å². The number of rotatable bonds is 2. The Hall–Kier alpha value is -2.43. The summed E-state index contributed by atoms with van der Waals surface area (Å²) in [6.07, 6.45) is 0. The van der Waals surface area contributed by atoms with Crippen molar-refractivity contribution in [2.24, 2.45) is 5.73 Å². The molecular formula is C15H15FN2O2. The van der Waals surface area contributed by atoms with Crippen LogP contribution >= 0.6 is 0 Å². The Kier molecular flexibility index (Phi) is 3.44. The number of pyridine rings is 1. The van der Waals surface area contributed by atoms with Crippen molar-refractivity contribution in [3.63, 3.8) is 0 Å². The molecule has 4 nitrogen and oxygen atoms in total. The molecule has 0 saturated heterocycles. The highest BCUT2D eigenvalue weighted by molar-refractivity contribution is 5.94. The van der Waals surface area contributed by atoms with E-state index in [2.05, 4.69) is 0 Å². The summed E-state index contributed by atoms with van der Waals surface area (Å²) in [6, 6.07) is 5.84. The van der Waals surface area contributed by atoms with E-state index in [1.165, 1.54) is 22.8 Å². The van der Waals surface area contributed by atoms with Crippen LogP contribution in [0.1, 0.15) is 27.2 Å². The fraction of sp³-hybridized carbons (Fsp3) is 0.200. The summed E-state index contributed by atoms with van der Waals surface area (Å²) in [6.45, 7) is 5.12. The molecule has 2 aromatic rings. The standard InChI is InChI=1S/C15H15FN2O2/c1-8-7-11(16)4-5-12(8)18-10(3)6-9(2)13(14(17)19)15(18)20/h4-7H,1-3H3,(H2,17,19). The summed E-state index contributed by atoms with van der Waals surface area (Å²) < 4.78 is 14.6. The molecule has 1 amide bonds. The molecule has 1 aromatic heterocycles. The van der Waals surface area contributed by atoms with Crippen LogP contribution in [0.3, 0.4) is 0 Å². The number of carbonyl (C=O) groups is 1. The van der Waals surface area contributed by atoms with Gasteiger partial charge >= 0.3 is 0 Å². The number of hydrogen-bond acceptors (Lipinski definition) is 2. The molecule has 1 heterocycles. The minimum Gasteiger partial charge on any atom is -0.365 e. The Morgan fingerprint density at radius 2 is 1.80 bits per heavy atom. The van der Waals surface area contributed by atoms with Gasteiger partial charge in [-0.15, -0.1) is 0 Å². The molecule has 2 rings (SSSR count). The molecule has 20 heavy (non-hydrogen) atoms. The number of hydrogen-bond donors (Lipinski definition) is 1. The third kappa shape index (κ3) is 2.22. The van der Waals surface area contributed by atoms with Gasteiger partial charge in [-0.2, -0.15) is 0 Å². The van der Waals surface area contributed by atoms with E-state index in [4.69, 9.17) is 5.73 Å². The molecule has 5 heteroatoms. The summed E-state index contributed by atoms with van der Waals surface area (Å²) in [4.78, 5) is 23.9. The number of benzene rings is 1. The normalized spacial score (nSPS) is 10.6. The summed E-state index contributed by atoms with van der Waals surface area (Å²) in [5.41, 5.74) is 7.08. The number of primary amides is 1. The lowest BCUT2D eigenvalue weighted by Gasteiger charge is -2.15. The number of carbonyl (C=O) groups excluding carboxylic acids is 1. The van der Waals surface area contributed by atoms with Crippen molar-refractivity contribution < 1.29 is 9.18 Å². The first-order valence-corrected chi connectivity index (χ1v) is 6.12. The molecule has 104 valence electrons. The van der Waals surface area contributed by atoms with Gasteiger partial charge in [0.1, 0.15) is 11.4 Å². The van der Waals surface area contributed by atoms with Gasteiger partial charge in [0.25, 0.3) is 11.5 Å². The van der Waals surface area contributed by atoms with Crippen molar-refractivity contribution in [1.82, 2.24) is 4.57 Å². The van der Waals surface area contributed by atoms with Crippen LogP contribution < -0.4 is 11.3 Å². The lowest BCUT2D eigenvalue weighted by Crippen LogP contribution is -2.31. The van der Waals surface area contributed by atoms with Gasteiger partial charge in [0.05, 0.1) is 5.69 Å². The van der Waals surface area contributed by atoms with Crippen molar-refractivity contribution in [3.8, 4) is 5.69 Å². The van der Waals surface area contributed by atoms with Crippen molar-refractivity contribution in [1.29, 1.82) is 0 Å². The minimum atomic E-state index is -0.763. The van der Waals surface area contributed by atoms with Crippen molar-refractivity contribution >= 4 is 5.91 Å². The average molecular weight is 274 g/mol. The number of aryl methyl sites for hydroxylation is 3. The SMILES string of the molecule is Cc1cc(F)ccc1-n1c(C)cc(C)c(C(N)=O)c1=O. The summed E-state index contributed by atoms with van der Waals surface area (Å²) in [5.74, 6) is -1.14. The van der Waals surface area contributed by atoms with Crippen LogP contribution in [0.15, 0.2) is 29.1 Å². The van der Waals surface area contributed by atoms with E-state index < -0.39 is 11.5 Å². The van der Waals surface area contributed by atoms with Crippen molar-refractivity contribution in [3.05, 3.63) is 62.8 Å². The third-order valence-corrected chi connectivity index (χ3v) is 3.24. The number of nitrogens with zero attached hydrogens (tertiary/aromatic N) is 1. The Morgan fingerprint density at radius 3 is 2.35 bits per heavy atom. The van der Waals surface area contributed by atoms with Crippen LogP contribution in [0.4, 0.5) is 4.39 Å². The summed E-state index contributed by atoms with van der Waals surface area (Å²) in [5, 5.41) is 0. The Labute approximate surface area is 115 Å². The van der Waals surface area contributed by atoms with Gasteiger partial charge in [-0.1, -0.05) is 0 Å². The molecule has 0 spiro atoms. The first kappa shape index (κ1) is 14.0. The molecule has 1 aromatic carbocycles. The van der Waals surface area contributed by atoms with Gasteiger partial charge in [0, 0.05) is 5.69 Å². The van der Waals surface area contributed by atoms with Gasteiger partial charge in [-0.3, -0.25) is 14.2 Å². The number of amides is 1. The lowest BCUT2D eigenvalue weighted by molar-refractivity contribution is 0.0998. The highest BCUT2D eigenvalue weighted by Gasteiger charge is 2.16. The zero-order valence-electron chi connectivity index (χ0n) is 11.5. The molecule has 0 aliphatic heterocycles. The van der Waals surface area contributed by atoms with Gasteiger partial charge in [0.2, 0.25) is 0 Å². The topological polar surface area (TPSA) is 65.1 Å². The Balaban J connectivity index is 2.84. The molecule has 0 radical (unpaired) electrons. The second-order valence-electron chi connectivity index (χ2n) is 4.78. The number of halogens is 1. The predicted molar refractivity (Wildman–Crippen MR) is 74.7 cm³/mol. The zero-order valence-corrected chi connectivity index (χ0v) is 11.5. The molecule has 2 N–H and O–H groups in total. The maximum absolute atomic E-state index is 13.2. The molecular weight excluding hydrogens is 259 g/mol. The molecule has 0 aliphatic carbocycles. The first-order valence-electron chi connectivity index (χ1n) is 6.12. The smallest absolute Gasteiger partial charge is 0.268 e. The van der Waals surface area contributed by atoms with Crippen LogP contribution in [0, 0.1) is 26.6 Å². The first-order chi connectivity index (χ1) is 9.32.